The summed E-state index contributed by atoms with van der Waals surface area (Å²) in [5.41, 5.74) is 5.64. The molecule has 0 bridgehead atoms. The van der Waals surface area contributed by atoms with Crippen LogP contribution in [-0.2, 0) is 19.2 Å². The summed E-state index contributed by atoms with van der Waals surface area (Å²) in [6, 6.07) is -4.37. The molecule has 0 saturated heterocycles. The number of carbonyl (C=O) groups is 4. The fourth-order valence-corrected chi connectivity index (χ4v) is 2.84. The zero-order chi connectivity index (χ0) is 23.6. The van der Waals surface area contributed by atoms with E-state index in [1.54, 1.807) is 6.92 Å². The Morgan fingerprint density at radius 2 is 1.47 bits per heavy atom. The molecule has 0 fully saturated rings. The van der Waals surface area contributed by atoms with E-state index in [4.69, 9.17) is 10.8 Å². The quantitative estimate of drug-likeness (QED) is 0.182. The molecule has 0 heterocycles. The lowest BCUT2D eigenvalue weighted by molar-refractivity contribution is -0.141. The van der Waals surface area contributed by atoms with Gasteiger partial charge in [-0.25, -0.2) is 4.79 Å². The zero-order valence-corrected chi connectivity index (χ0v) is 19.1. The van der Waals surface area contributed by atoms with E-state index >= 15 is 0 Å². The summed E-state index contributed by atoms with van der Waals surface area (Å²) in [6.07, 6.45) is -0.270. The number of nitrogens with two attached hydrogens (primary N) is 1. The van der Waals surface area contributed by atoms with Gasteiger partial charge in [0.1, 0.15) is 24.2 Å². The van der Waals surface area contributed by atoms with Crippen LogP contribution in [0.25, 0.3) is 0 Å². The molecule has 0 aromatic rings. The van der Waals surface area contributed by atoms with Crippen molar-refractivity contribution in [2.24, 2.45) is 17.6 Å². The number of amides is 3. The first kappa shape index (κ1) is 28.1. The number of aliphatic carboxylic acids is 1. The molecular weight excluding hydrogens is 412 g/mol. The van der Waals surface area contributed by atoms with E-state index < -0.39 is 54.0 Å². The van der Waals surface area contributed by atoms with Crippen LogP contribution in [0.3, 0.4) is 0 Å². The number of carboxylic acid groups (broad SMARTS) is 1. The van der Waals surface area contributed by atoms with Gasteiger partial charge in [-0.05, 0) is 25.2 Å². The Kier molecular flexibility index (Phi) is 12.6. The van der Waals surface area contributed by atoms with Gasteiger partial charge in [-0.3, -0.25) is 14.4 Å². The number of carboxylic acids is 1. The minimum absolute atomic E-state index is 0.0284. The Morgan fingerprint density at radius 1 is 0.933 bits per heavy atom. The molecule has 10 nitrogen and oxygen atoms in total. The van der Waals surface area contributed by atoms with Gasteiger partial charge in [0.2, 0.25) is 17.7 Å². The predicted molar refractivity (Wildman–Crippen MR) is 116 cm³/mol. The van der Waals surface area contributed by atoms with Gasteiger partial charge in [0.15, 0.2) is 0 Å². The summed E-state index contributed by atoms with van der Waals surface area (Å²) >= 11 is 3.92. The van der Waals surface area contributed by atoms with Gasteiger partial charge in [0.25, 0.3) is 0 Å². The highest BCUT2D eigenvalue weighted by molar-refractivity contribution is 7.80. The van der Waals surface area contributed by atoms with E-state index in [1.807, 2.05) is 20.8 Å². The molecule has 0 spiro atoms. The molecule has 0 rings (SSSR count). The Morgan fingerprint density at radius 3 is 1.87 bits per heavy atom. The van der Waals surface area contributed by atoms with E-state index in [0.717, 1.165) is 0 Å². The Hall–Kier alpha value is -1.85. The molecular formula is C19H36N4O6S. The number of thiol groups is 1. The van der Waals surface area contributed by atoms with Crippen LogP contribution in [-0.4, -0.2) is 69.9 Å². The number of aliphatic hydroxyl groups excluding tert-OH is 1. The van der Waals surface area contributed by atoms with Gasteiger partial charge in [-0.15, -0.1) is 0 Å². The molecule has 3 amide bonds. The van der Waals surface area contributed by atoms with Crippen molar-refractivity contribution in [1.29, 1.82) is 0 Å². The van der Waals surface area contributed by atoms with Gasteiger partial charge in [-0.2, -0.15) is 12.6 Å². The standard InChI is InChI=1S/C19H36N4O6S/c1-6-10(4)15(23-17(26)14(20)11(5)24)18(27)21-12(7-9(2)3)16(25)22-13(8-30)19(28)29/h9-15,24,30H,6-8,20H2,1-5H3,(H,21,27)(H,22,25)(H,23,26)(H,28,29). The summed E-state index contributed by atoms with van der Waals surface area (Å²) in [5.74, 6) is -3.50. The minimum atomic E-state index is -1.23. The largest absolute Gasteiger partial charge is 0.480 e. The molecule has 7 N–H and O–H groups in total. The van der Waals surface area contributed by atoms with Crippen LogP contribution >= 0.6 is 12.6 Å². The molecule has 6 atom stereocenters. The van der Waals surface area contributed by atoms with E-state index in [0.29, 0.717) is 6.42 Å². The van der Waals surface area contributed by atoms with E-state index in [9.17, 15) is 24.3 Å². The molecule has 30 heavy (non-hydrogen) atoms. The van der Waals surface area contributed by atoms with Crippen LogP contribution in [0.5, 0.6) is 0 Å². The Labute approximate surface area is 183 Å². The summed E-state index contributed by atoms with van der Waals surface area (Å²) in [4.78, 5) is 48.9. The second-order valence-corrected chi connectivity index (χ2v) is 8.28. The molecule has 11 heteroatoms. The third-order valence-electron chi connectivity index (χ3n) is 4.75. The fourth-order valence-electron chi connectivity index (χ4n) is 2.59. The van der Waals surface area contributed by atoms with Crippen LogP contribution in [0.15, 0.2) is 0 Å². The van der Waals surface area contributed by atoms with E-state index in [-0.39, 0.29) is 24.0 Å². The van der Waals surface area contributed by atoms with Crippen LogP contribution in [0, 0.1) is 11.8 Å². The summed E-state index contributed by atoms with van der Waals surface area (Å²) in [6.45, 7) is 8.68. The Bertz CT molecular complexity index is 602. The van der Waals surface area contributed by atoms with Gasteiger partial charge >= 0.3 is 5.97 Å². The zero-order valence-electron chi connectivity index (χ0n) is 18.2. The fraction of sp³-hybridized carbons (Fsp3) is 0.789. The minimum Gasteiger partial charge on any atom is -0.480 e. The molecule has 0 radical (unpaired) electrons. The summed E-state index contributed by atoms with van der Waals surface area (Å²) < 4.78 is 0. The molecule has 174 valence electrons. The monoisotopic (exact) mass is 448 g/mol. The smallest absolute Gasteiger partial charge is 0.327 e. The summed E-state index contributed by atoms with van der Waals surface area (Å²) in [5, 5.41) is 26.2. The molecule has 6 unspecified atom stereocenters. The topological polar surface area (TPSA) is 171 Å². The van der Waals surface area contributed by atoms with Gasteiger partial charge < -0.3 is 31.9 Å². The van der Waals surface area contributed by atoms with Crippen molar-refractivity contribution in [2.75, 3.05) is 5.75 Å². The Balaban J connectivity index is 5.49. The highest BCUT2D eigenvalue weighted by atomic mass is 32.1. The van der Waals surface area contributed by atoms with E-state index in [2.05, 4.69) is 28.6 Å². The van der Waals surface area contributed by atoms with Crippen molar-refractivity contribution in [3.63, 3.8) is 0 Å². The number of hydrogen-bond acceptors (Lipinski definition) is 7. The predicted octanol–water partition coefficient (Wildman–Crippen LogP) is -0.744. The van der Waals surface area contributed by atoms with Crippen LogP contribution in [0.4, 0.5) is 0 Å². The van der Waals surface area contributed by atoms with Crippen LogP contribution < -0.4 is 21.7 Å². The van der Waals surface area contributed by atoms with Crippen molar-refractivity contribution in [3.8, 4) is 0 Å². The van der Waals surface area contributed by atoms with Crippen molar-refractivity contribution in [2.45, 2.75) is 77.7 Å². The molecule has 0 aromatic carbocycles. The van der Waals surface area contributed by atoms with Crippen molar-refractivity contribution < 1.29 is 29.4 Å². The SMILES string of the molecule is CCC(C)C(NC(=O)C(N)C(C)O)C(=O)NC(CC(C)C)C(=O)NC(CS)C(=O)O. The van der Waals surface area contributed by atoms with Crippen molar-refractivity contribution in [1.82, 2.24) is 16.0 Å². The van der Waals surface area contributed by atoms with Crippen molar-refractivity contribution in [3.05, 3.63) is 0 Å². The second-order valence-electron chi connectivity index (χ2n) is 7.91. The molecule has 0 aliphatic heterocycles. The first-order chi connectivity index (χ1) is 13.8. The lowest BCUT2D eigenvalue weighted by Gasteiger charge is -2.28. The number of hydrogen-bond donors (Lipinski definition) is 7. The highest BCUT2D eigenvalue weighted by Gasteiger charge is 2.33. The maximum atomic E-state index is 12.9. The van der Waals surface area contributed by atoms with Gasteiger partial charge in [0, 0.05) is 5.75 Å². The average Bonchev–Trinajstić information content (AvgIpc) is 2.66. The third kappa shape index (κ3) is 9.31. The normalized spacial score (nSPS) is 17.2. The third-order valence-corrected chi connectivity index (χ3v) is 5.12. The number of nitrogens with one attached hydrogen (secondary N) is 3. The first-order valence-electron chi connectivity index (χ1n) is 10.0. The lowest BCUT2D eigenvalue weighted by Crippen LogP contribution is -2.59. The number of rotatable bonds is 13. The van der Waals surface area contributed by atoms with Gasteiger partial charge in [0.05, 0.1) is 6.10 Å². The van der Waals surface area contributed by atoms with E-state index in [1.165, 1.54) is 6.92 Å². The van der Waals surface area contributed by atoms with Crippen LogP contribution in [0.2, 0.25) is 0 Å². The maximum absolute atomic E-state index is 12.9. The molecule has 0 aromatic heterocycles. The highest BCUT2D eigenvalue weighted by Crippen LogP contribution is 2.11. The van der Waals surface area contributed by atoms with Crippen LogP contribution in [0.1, 0.15) is 47.5 Å². The maximum Gasteiger partial charge on any atom is 0.327 e. The first-order valence-corrected chi connectivity index (χ1v) is 10.7. The molecule has 0 aliphatic carbocycles. The lowest BCUT2D eigenvalue weighted by atomic mass is 9.96. The average molecular weight is 449 g/mol. The van der Waals surface area contributed by atoms with Crippen molar-refractivity contribution >= 4 is 36.3 Å². The second kappa shape index (κ2) is 13.5. The van der Waals surface area contributed by atoms with Gasteiger partial charge in [-0.1, -0.05) is 34.1 Å². The molecule has 0 saturated carbocycles. The number of carbonyl (C=O) groups excluding carboxylic acids is 3. The molecule has 0 aliphatic rings. The number of aliphatic hydroxyl groups is 1. The summed E-state index contributed by atoms with van der Waals surface area (Å²) in [7, 11) is 0.